The number of carbonyl (C=O) groups is 5. The van der Waals surface area contributed by atoms with E-state index < -0.39 is 433 Å². The highest BCUT2D eigenvalue weighted by Crippen LogP contribution is 2.42. The molecular formula is C76H127N5O55. The smallest absolute Gasteiger partial charge is 0.217 e. The minimum absolute atomic E-state index is 0.882. The lowest BCUT2D eigenvalue weighted by molar-refractivity contribution is -0.409. The van der Waals surface area contributed by atoms with Crippen LogP contribution in [-0.4, -0.2) is 581 Å². The van der Waals surface area contributed by atoms with Gasteiger partial charge in [0.15, 0.2) is 69.2 Å². The zero-order chi connectivity index (χ0) is 100. The molecule has 0 radical (unpaired) electrons. The Hall–Kier alpha value is -4.65. The van der Waals surface area contributed by atoms with Gasteiger partial charge in [0.1, 0.15) is 262 Å². The Bertz CT molecular complexity index is 3760. The molecule has 11 aliphatic rings. The second-order valence-corrected chi connectivity index (χ2v) is 34.5. The van der Waals surface area contributed by atoms with Crippen LogP contribution in [-0.2, 0) is 123 Å². The Morgan fingerprint density at radius 3 is 0.831 bits per heavy atom. The monoisotopic (exact) mass is 1990 g/mol. The molecule has 0 bridgehead atoms. The average Bonchev–Trinajstić information content (AvgIpc) is 0.739. The third-order valence-electron chi connectivity index (χ3n) is 24.9. The number of carbonyl (C=O) groups excluding carboxylic acids is 5. The molecule has 786 valence electrons. The Morgan fingerprint density at radius 1 is 0.206 bits per heavy atom. The zero-order valence-electron chi connectivity index (χ0n) is 73.4. The van der Waals surface area contributed by atoms with Crippen LogP contribution >= 0.6 is 0 Å². The van der Waals surface area contributed by atoms with Gasteiger partial charge in [0.25, 0.3) is 0 Å². The van der Waals surface area contributed by atoms with Crippen molar-refractivity contribution in [3.05, 3.63) is 0 Å². The Kier molecular flexibility index (Phi) is 40.1. The maximum absolute atomic E-state index is 13.5. The van der Waals surface area contributed by atoms with E-state index in [1.165, 1.54) is 6.92 Å². The lowest BCUT2D eigenvalue weighted by Gasteiger charge is -2.52. The van der Waals surface area contributed by atoms with Crippen LogP contribution in [0, 0.1) is 0 Å². The summed E-state index contributed by atoms with van der Waals surface area (Å²) in [5.74, 6) is -4.99. The quantitative estimate of drug-likeness (QED) is 0.0280. The molecule has 11 heterocycles. The first-order valence-electron chi connectivity index (χ1n) is 43.5. The van der Waals surface area contributed by atoms with Crippen molar-refractivity contribution in [3.8, 4) is 0 Å². The minimum Gasteiger partial charge on any atom is -0.394 e. The number of aliphatic hydroxyl groups excluding tert-OH is 29. The van der Waals surface area contributed by atoms with Crippen LogP contribution in [0.4, 0.5) is 0 Å². The van der Waals surface area contributed by atoms with Crippen LogP contribution in [0.15, 0.2) is 0 Å². The van der Waals surface area contributed by atoms with Crippen molar-refractivity contribution >= 4 is 29.5 Å². The molecule has 136 heavy (non-hydrogen) atoms. The van der Waals surface area contributed by atoms with E-state index in [9.17, 15) is 172 Å². The molecule has 60 heteroatoms. The lowest BCUT2D eigenvalue weighted by Crippen LogP contribution is -2.72. The topological polar surface area (TPSA) is 926 Å². The van der Waals surface area contributed by atoms with E-state index in [0.29, 0.717) is 0 Å². The molecule has 60 nitrogen and oxygen atoms in total. The maximum atomic E-state index is 13.5. The molecule has 0 aromatic carbocycles. The van der Waals surface area contributed by atoms with Gasteiger partial charge in [0.2, 0.25) is 29.5 Å². The number of hydrogen-bond acceptors (Lipinski definition) is 55. The van der Waals surface area contributed by atoms with Crippen LogP contribution in [0.2, 0.25) is 0 Å². The van der Waals surface area contributed by atoms with Crippen molar-refractivity contribution in [2.75, 3.05) is 66.1 Å². The van der Waals surface area contributed by atoms with Crippen molar-refractivity contribution in [2.45, 2.75) is 379 Å². The summed E-state index contributed by atoms with van der Waals surface area (Å²) in [6.45, 7) is -5.99. The first kappa shape index (κ1) is 112. The highest BCUT2D eigenvalue weighted by Gasteiger charge is 2.63. The SMILES string of the molecule is CC(=O)N[C@H]1[C@H](O[C@H]2[C@H](O)[C@@H](NC(C)=O)C(O)O[C@@H]2CO[C@H]2O[C@H](C)[C@H](O)[C@H](O)[C@H]2O)O[C@H](CO)[C@@H](O[C@@H]2O[C@H](CO[C@H]3O[C@H](CO)[C@@H](O)[C@H](O)[C@@H]3O[C@@H]3O[C@H](CO)[C@@H](O[C@@H]4O[C@H](CO)[C@@H](O)[C@H](O)[C@H]4O)[C@H](O)[C@H]3NC(C)=O)[C@@H](O[C@@H]3O[C@H](CO)[C@@H](O)[C@H](O)[C@H]3NC(C)=O)[C@H](O[C@H]3O[C@H](CO)[C@@H](O)[C@H](O)[C@@H]3O[C@@H]3O[C@H](CO)[C@@H](O[C@@H]4O[C@H](CO)[C@H](O)[C@H](O)[C@H]4O)[C@H](O)[C@H]3NC(C)=O)[C@@H]2O)[C@@H]1O. The number of aliphatic hydroxyl groups is 29. The predicted octanol–water partition coefficient (Wildman–Crippen LogP) is -23.2. The van der Waals surface area contributed by atoms with Gasteiger partial charge in [-0.2, -0.15) is 0 Å². The Balaban J connectivity index is 1.01. The molecule has 0 aromatic rings. The van der Waals surface area contributed by atoms with Gasteiger partial charge in [0.05, 0.1) is 72.2 Å². The molecule has 0 aliphatic carbocycles. The van der Waals surface area contributed by atoms with E-state index in [-0.39, 0.29) is 0 Å². The third-order valence-corrected chi connectivity index (χ3v) is 24.9. The van der Waals surface area contributed by atoms with Gasteiger partial charge in [-0.15, -0.1) is 0 Å². The van der Waals surface area contributed by atoms with Gasteiger partial charge in [-0.05, 0) is 6.92 Å². The van der Waals surface area contributed by atoms with E-state index in [2.05, 4.69) is 26.6 Å². The number of ether oxygens (including phenoxy) is 21. The molecule has 1 unspecified atom stereocenters. The largest absolute Gasteiger partial charge is 0.394 e. The summed E-state index contributed by atoms with van der Waals surface area (Å²) in [4.78, 5) is 65.8. The van der Waals surface area contributed by atoms with E-state index in [1.54, 1.807) is 0 Å². The molecule has 0 saturated carbocycles. The van der Waals surface area contributed by atoms with Crippen LogP contribution in [0.5, 0.6) is 0 Å². The maximum Gasteiger partial charge on any atom is 0.217 e. The van der Waals surface area contributed by atoms with Crippen molar-refractivity contribution in [1.82, 2.24) is 26.6 Å². The first-order valence-corrected chi connectivity index (χ1v) is 43.5. The Labute approximate surface area is 770 Å². The van der Waals surface area contributed by atoms with Gasteiger partial charge in [-0.25, -0.2) is 0 Å². The normalized spacial score (nSPS) is 49.2. The Morgan fingerprint density at radius 2 is 0.449 bits per heavy atom. The summed E-state index contributed by atoms with van der Waals surface area (Å²) in [6, 6.07) is -10.1. The van der Waals surface area contributed by atoms with E-state index in [1.807, 2.05) is 0 Å². The second kappa shape index (κ2) is 48.8. The van der Waals surface area contributed by atoms with Crippen LogP contribution in [0.25, 0.3) is 0 Å². The summed E-state index contributed by atoms with van der Waals surface area (Å²) in [5.41, 5.74) is 0. The number of rotatable bonds is 35. The molecule has 0 spiro atoms. The number of amides is 5. The fourth-order valence-electron chi connectivity index (χ4n) is 17.7. The molecule has 11 aliphatic heterocycles. The minimum atomic E-state index is -2.83. The number of nitrogens with one attached hydrogen (secondary N) is 5. The molecule has 34 N–H and O–H groups in total. The highest BCUT2D eigenvalue weighted by molar-refractivity contribution is 5.75. The van der Waals surface area contributed by atoms with E-state index in [0.717, 1.165) is 34.6 Å². The average molecular weight is 1990 g/mol. The summed E-state index contributed by atoms with van der Waals surface area (Å²) in [7, 11) is 0. The van der Waals surface area contributed by atoms with Gasteiger partial charge < -0.3 is 274 Å². The van der Waals surface area contributed by atoms with E-state index >= 15 is 0 Å². The number of hydrogen-bond donors (Lipinski definition) is 34. The zero-order valence-corrected chi connectivity index (χ0v) is 73.4. The third kappa shape index (κ3) is 24.8. The van der Waals surface area contributed by atoms with Crippen LogP contribution in [0.1, 0.15) is 41.5 Å². The van der Waals surface area contributed by atoms with Crippen LogP contribution < -0.4 is 26.6 Å². The van der Waals surface area contributed by atoms with Crippen molar-refractivity contribution in [3.63, 3.8) is 0 Å². The molecular weight excluding hydrogens is 1860 g/mol. The molecule has 5 amide bonds. The molecule has 11 fully saturated rings. The van der Waals surface area contributed by atoms with Crippen LogP contribution in [0.3, 0.4) is 0 Å². The van der Waals surface area contributed by atoms with Crippen molar-refractivity contribution in [2.24, 2.45) is 0 Å². The summed E-state index contributed by atoms with van der Waals surface area (Å²) >= 11 is 0. The van der Waals surface area contributed by atoms with Crippen molar-refractivity contribution in [1.29, 1.82) is 0 Å². The van der Waals surface area contributed by atoms with Gasteiger partial charge >= 0.3 is 0 Å². The summed E-state index contributed by atoms with van der Waals surface area (Å²) < 4.78 is 128. The fraction of sp³-hybridized carbons (Fsp3) is 0.934. The van der Waals surface area contributed by atoms with Gasteiger partial charge in [-0.3, -0.25) is 24.0 Å². The summed E-state index contributed by atoms with van der Waals surface area (Å²) in [5, 5.41) is 339. The lowest BCUT2D eigenvalue weighted by atomic mass is 9.93. The highest BCUT2D eigenvalue weighted by atomic mass is 16.8. The first-order chi connectivity index (χ1) is 64.3. The van der Waals surface area contributed by atoms with Gasteiger partial charge in [-0.1, -0.05) is 0 Å². The standard InChI is InChI=1S/C76H127N5O55/c1-17-38(95)49(106)54(111)71(118-17)116-15-31-61(45(102)33(66(115)119-31)77-18(2)90)129-68-35(79-20(4)92)46(103)60(30(14-89)125-68)132-74-57(114)63(134-76-65(53(110)43(100)27(11-86)124-76)136-70-37(81-22(6)94)48(105)59(29(13-88)127-70)131-73-56(113)51(108)41(98)25(9-84)122-73)62(133-67-34(78-19(3)91)44(101)39(96)23(7-82)120-67)32(128-74)16-117-75-64(52(109)42(99)26(10-85)123-75)135-69-36(80-21(5)93)47(104)58(28(12-87)126-69)130-72-55(112)50(107)40(97)24(8-83)121-72/h17,23-76,82-89,95-115H,7-16H2,1-6H3,(H,77,90)(H,78,91)(H,79,92)(H,80,93)(H,81,94)/t17-,23-,24-,25-,26-,27-,28-,29-,30-,31-,32-,33-,34-,35-,36-,37-,38+,39-,40-,41+,42-,43-,44-,45-,46-,47-,48-,49+,50+,51+,52+,53+,54-,55-,56-,57+,58-,59-,60-,61-,62-,63-,64+,65+,66?,67+,68+,69+,70+,71+,72+,73+,74+,75+,76-/m1/s1. The van der Waals surface area contributed by atoms with E-state index in [4.69, 9.17) is 99.5 Å². The molecule has 11 saturated heterocycles. The van der Waals surface area contributed by atoms with Gasteiger partial charge in [0, 0.05) is 34.6 Å². The van der Waals surface area contributed by atoms with Crippen molar-refractivity contribution < 1.29 is 272 Å². The predicted molar refractivity (Wildman–Crippen MR) is 419 cm³/mol. The molecule has 55 atom stereocenters. The molecule has 0 aromatic heterocycles. The molecule has 11 rings (SSSR count). The summed E-state index contributed by atoms with van der Waals surface area (Å²) in [6.07, 6.45) is -108. The second-order valence-electron chi connectivity index (χ2n) is 34.5. The fourth-order valence-corrected chi connectivity index (χ4v) is 17.7.